The molecule has 0 aromatic carbocycles. The Hall–Kier alpha value is -1.67. The summed E-state index contributed by atoms with van der Waals surface area (Å²) in [6.45, 7) is 6.29. The van der Waals surface area contributed by atoms with E-state index in [1.54, 1.807) is 0 Å². The number of aryl methyl sites for hydroxylation is 2. The molecule has 1 rings (SSSR count). The van der Waals surface area contributed by atoms with Gasteiger partial charge in [-0.05, 0) is 20.3 Å². The SMILES string of the molecule is C=CCC(NS(=O)(=O)c1c(C)noc1C)C(=O)O. The predicted octanol–water partition coefficient (Wildman–Crippen LogP) is 0.599. The Morgan fingerprint density at radius 3 is 2.61 bits per heavy atom. The summed E-state index contributed by atoms with van der Waals surface area (Å²) in [5.41, 5.74) is 0.183. The van der Waals surface area contributed by atoms with Crippen molar-refractivity contribution < 1.29 is 22.8 Å². The molecule has 1 atom stereocenters. The maximum absolute atomic E-state index is 12.0. The van der Waals surface area contributed by atoms with Gasteiger partial charge in [-0.2, -0.15) is 4.72 Å². The molecule has 1 unspecified atom stereocenters. The summed E-state index contributed by atoms with van der Waals surface area (Å²) in [5, 5.41) is 12.4. The fourth-order valence-electron chi connectivity index (χ4n) is 1.47. The number of carbonyl (C=O) groups is 1. The van der Waals surface area contributed by atoms with Gasteiger partial charge in [0.25, 0.3) is 0 Å². The van der Waals surface area contributed by atoms with E-state index in [1.807, 2.05) is 0 Å². The number of hydrogen-bond acceptors (Lipinski definition) is 5. The maximum Gasteiger partial charge on any atom is 0.322 e. The van der Waals surface area contributed by atoms with Crippen LogP contribution in [0.1, 0.15) is 17.9 Å². The van der Waals surface area contributed by atoms with Crippen LogP contribution in [0.2, 0.25) is 0 Å². The highest BCUT2D eigenvalue weighted by atomic mass is 32.2. The highest BCUT2D eigenvalue weighted by molar-refractivity contribution is 7.89. The van der Waals surface area contributed by atoms with E-state index >= 15 is 0 Å². The van der Waals surface area contributed by atoms with Gasteiger partial charge < -0.3 is 9.63 Å². The molecule has 0 saturated heterocycles. The molecule has 1 aromatic rings. The Labute approximate surface area is 105 Å². The summed E-state index contributed by atoms with van der Waals surface area (Å²) in [5.74, 6) is -1.16. The van der Waals surface area contributed by atoms with Gasteiger partial charge in [-0.15, -0.1) is 6.58 Å². The molecule has 2 N–H and O–H groups in total. The molecule has 18 heavy (non-hydrogen) atoms. The first-order chi connectivity index (χ1) is 8.29. The lowest BCUT2D eigenvalue weighted by molar-refractivity contribution is -0.138. The third-order valence-corrected chi connectivity index (χ3v) is 3.95. The molecule has 7 nitrogen and oxygen atoms in total. The minimum atomic E-state index is -3.98. The van der Waals surface area contributed by atoms with Crippen LogP contribution in [-0.4, -0.2) is 30.7 Å². The van der Waals surface area contributed by atoms with Crippen molar-refractivity contribution in [2.45, 2.75) is 31.2 Å². The Morgan fingerprint density at radius 1 is 1.61 bits per heavy atom. The van der Waals surface area contributed by atoms with Gasteiger partial charge in [-0.25, -0.2) is 8.42 Å². The van der Waals surface area contributed by atoms with Crippen LogP contribution in [0.4, 0.5) is 0 Å². The third kappa shape index (κ3) is 2.96. The number of nitrogens with zero attached hydrogens (tertiary/aromatic N) is 1. The first kappa shape index (κ1) is 14.4. The molecule has 100 valence electrons. The van der Waals surface area contributed by atoms with E-state index in [9.17, 15) is 13.2 Å². The number of sulfonamides is 1. The predicted molar refractivity (Wildman–Crippen MR) is 62.5 cm³/mol. The van der Waals surface area contributed by atoms with E-state index in [0.717, 1.165) is 0 Å². The van der Waals surface area contributed by atoms with Crippen molar-refractivity contribution in [3.8, 4) is 0 Å². The van der Waals surface area contributed by atoms with Crippen molar-refractivity contribution in [2.24, 2.45) is 0 Å². The smallest absolute Gasteiger partial charge is 0.322 e. The van der Waals surface area contributed by atoms with Crippen LogP contribution in [-0.2, 0) is 14.8 Å². The molecule has 0 radical (unpaired) electrons. The molecule has 0 aliphatic rings. The highest BCUT2D eigenvalue weighted by Crippen LogP contribution is 2.19. The lowest BCUT2D eigenvalue weighted by Gasteiger charge is -2.12. The summed E-state index contributed by atoms with van der Waals surface area (Å²) in [4.78, 5) is 10.8. The monoisotopic (exact) mass is 274 g/mol. The van der Waals surface area contributed by atoms with E-state index in [4.69, 9.17) is 9.63 Å². The molecular formula is C10H14N2O5S. The van der Waals surface area contributed by atoms with Gasteiger partial charge in [0.15, 0.2) is 5.76 Å². The molecule has 1 heterocycles. The molecule has 0 saturated carbocycles. The Kier molecular flexibility index (Phi) is 4.25. The van der Waals surface area contributed by atoms with E-state index in [-0.39, 0.29) is 22.8 Å². The van der Waals surface area contributed by atoms with E-state index in [2.05, 4.69) is 16.5 Å². The minimum absolute atomic E-state index is 0.0159. The molecule has 0 aliphatic heterocycles. The molecule has 0 aliphatic carbocycles. The second kappa shape index (κ2) is 5.32. The molecule has 0 spiro atoms. The summed E-state index contributed by atoms with van der Waals surface area (Å²) in [6, 6.07) is -1.26. The van der Waals surface area contributed by atoms with Gasteiger partial charge in [0, 0.05) is 0 Å². The molecule has 8 heteroatoms. The zero-order valence-corrected chi connectivity index (χ0v) is 10.8. The zero-order valence-electron chi connectivity index (χ0n) is 10.0. The Morgan fingerprint density at radius 2 is 2.22 bits per heavy atom. The topological polar surface area (TPSA) is 110 Å². The van der Waals surface area contributed by atoms with Gasteiger partial charge in [0.1, 0.15) is 16.6 Å². The molecule has 1 aromatic heterocycles. The summed E-state index contributed by atoms with van der Waals surface area (Å²) < 4.78 is 30.9. The van der Waals surface area contributed by atoms with Crippen molar-refractivity contribution >= 4 is 16.0 Å². The molecular weight excluding hydrogens is 260 g/mol. The number of aromatic nitrogens is 1. The van der Waals surface area contributed by atoms with Crippen LogP contribution in [0.3, 0.4) is 0 Å². The summed E-state index contributed by atoms with van der Waals surface area (Å²) in [6.07, 6.45) is 1.31. The normalized spacial score (nSPS) is 13.2. The van der Waals surface area contributed by atoms with Gasteiger partial charge in [-0.1, -0.05) is 11.2 Å². The fraction of sp³-hybridized carbons (Fsp3) is 0.400. The van der Waals surface area contributed by atoms with E-state index in [1.165, 1.54) is 19.9 Å². The Bertz CT molecular complexity index is 541. The third-order valence-electron chi connectivity index (χ3n) is 2.23. The second-order valence-electron chi connectivity index (χ2n) is 3.69. The molecule has 0 bridgehead atoms. The van der Waals surface area contributed by atoms with Crippen LogP contribution in [0, 0.1) is 13.8 Å². The summed E-state index contributed by atoms with van der Waals surface area (Å²) >= 11 is 0. The number of nitrogens with one attached hydrogen (secondary N) is 1. The van der Waals surface area contributed by atoms with Crippen LogP contribution < -0.4 is 4.72 Å². The average Bonchev–Trinajstić information content (AvgIpc) is 2.58. The zero-order chi connectivity index (χ0) is 13.9. The molecule has 0 amide bonds. The van der Waals surface area contributed by atoms with Crippen molar-refractivity contribution in [3.63, 3.8) is 0 Å². The van der Waals surface area contributed by atoms with Crippen LogP contribution >= 0.6 is 0 Å². The van der Waals surface area contributed by atoms with Crippen molar-refractivity contribution in [2.75, 3.05) is 0 Å². The van der Waals surface area contributed by atoms with Crippen molar-refractivity contribution in [1.82, 2.24) is 9.88 Å². The van der Waals surface area contributed by atoms with Crippen molar-refractivity contribution in [3.05, 3.63) is 24.1 Å². The minimum Gasteiger partial charge on any atom is -0.480 e. The van der Waals surface area contributed by atoms with Crippen LogP contribution in [0.15, 0.2) is 22.1 Å². The second-order valence-corrected chi connectivity index (χ2v) is 5.34. The van der Waals surface area contributed by atoms with Gasteiger partial charge in [0.2, 0.25) is 10.0 Å². The molecule has 0 fully saturated rings. The largest absolute Gasteiger partial charge is 0.480 e. The van der Waals surface area contributed by atoms with Crippen molar-refractivity contribution in [1.29, 1.82) is 0 Å². The number of carboxylic acids is 1. The van der Waals surface area contributed by atoms with E-state index < -0.39 is 22.0 Å². The van der Waals surface area contributed by atoms with Gasteiger partial charge in [-0.3, -0.25) is 4.79 Å². The number of hydrogen-bond donors (Lipinski definition) is 2. The highest BCUT2D eigenvalue weighted by Gasteiger charge is 2.29. The van der Waals surface area contributed by atoms with Crippen LogP contribution in [0.25, 0.3) is 0 Å². The fourth-order valence-corrected chi connectivity index (χ4v) is 3.00. The summed E-state index contributed by atoms with van der Waals surface area (Å²) in [7, 11) is -3.98. The first-order valence-electron chi connectivity index (χ1n) is 5.08. The van der Waals surface area contributed by atoms with Gasteiger partial charge >= 0.3 is 5.97 Å². The van der Waals surface area contributed by atoms with Crippen LogP contribution in [0.5, 0.6) is 0 Å². The lowest BCUT2D eigenvalue weighted by atomic mass is 10.2. The number of aliphatic carboxylic acids is 1. The Balaban J connectivity index is 3.08. The van der Waals surface area contributed by atoms with E-state index in [0.29, 0.717) is 0 Å². The first-order valence-corrected chi connectivity index (χ1v) is 6.56. The lowest BCUT2D eigenvalue weighted by Crippen LogP contribution is -2.40. The number of rotatable bonds is 6. The van der Waals surface area contributed by atoms with Gasteiger partial charge in [0.05, 0.1) is 0 Å². The quantitative estimate of drug-likeness (QED) is 0.735. The average molecular weight is 274 g/mol. The number of carboxylic acid groups (broad SMARTS) is 1. The standard InChI is InChI=1S/C10H14N2O5S/c1-4-5-8(10(13)14)12-18(15,16)9-6(2)11-17-7(9)3/h4,8,12H,1,5H2,2-3H3,(H,13,14). The maximum atomic E-state index is 12.0.